The van der Waals surface area contributed by atoms with Gasteiger partial charge in [0.15, 0.2) is 5.82 Å². The lowest BCUT2D eigenvalue weighted by Gasteiger charge is -2.29. The average molecular weight is 431 g/mol. The standard InChI is InChI=1S/C24H26N6O2/c1-15-8-9-16(2)21-18(15)14-19(24(31)25-21)22(23-26-27-28-30(23)12-13-32-3)29-11-10-17-6-4-5-7-20(17)29/h4-9,14,22H,10-13H2,1-3H3,(H,25,31)/t22-/m0/s1. The number of hydrogen-bond acceptors (Lipinski definition) is 6. The number of aryl methyl sites for hydroxylation is 2. The number of pyridine rings is 1. The van der Waals surface area contributed by atoms with E-state index in [0.717, 1.165) is 40.7 Å². The smallest absolute Gasteiger partial charge is 0.254 e. The summed E-state index contributed by atoms with van der Waals surface area (Å²) in [4.78, 5) is 18.8. The zero-order valence-corrected chi connectivity index (χ0v) is 18.5. The van der Waals surface area contributed by atoms with Crippen LogP contribution in [0, 0.1) is 13.8 Å². The first-order valence-corrected chi connectivity index (χ1v) is 10.8. The van der Waals surface area contributed by atoms with E-state index in [0.29, 0.717) is 24.5 Å². The third-order valence-electron chi connectivity index (χ3n) is 6.31. The number of nitrogens with zero attached hydrogens (tertiary/aromatic N) is 5. The fraction of sp³-hybridized carbons (Fsp3) is 0.333. The van der Waals surface area contributed by atoms with Crippen molar-refractivity contribution in [3.8, 4) is 0 Å². The van der Waals surface area contributed by atoms with Gasteiger partial charge >= 0.3 is 0 Å². The van der Waals surface area contributed by atoms with Crippen molar-refractivity contribution >= 4 is 16.6 Å². The Morgan fingerprint density at radius 3 is 2.81 bits per heavy atom. The van der Waals surface area contributed by atoms with E-state index in [1.54, 1.807) is 11.8 Å². The molecule has 2 aromatic heterocycles. The van der Waals surface area contributed by atoms with Gasteiger partial charge in [0.25, 0.3) is 5.56 Å². The molecule has 0 aliphatic carbocycles. The van der Waals surface area contributed by atoms with Gasteiger partial charge in [-0.05, 0) is 59.5 Å². The second kappa shape index (κ2) is 8.20. The molecule has 1 aliphatic rings. The van der Waals surface area contributed by atoms with Crippen molar-refractivity contribution in [1.29, 1.82) is 0 Å². The Hall–Kier alpha value is -3.52. The second-order valence-electron chi connectivity index (χ2n) is 8.27. The fourth-order valence-corrected chi connectivity index (χ4v) is 4.62. The Kier molecular flexibility index (Phi) is 5.22. The predicted molar refractivity (Wildman–Crippen MR) is 123 cm³/mol. The molecule has 0 saturated carbocycles. The van der Waals surface area contributed by atoms with E-state index < -0.39 is 6.04 Å². The lowest BCUT2D eigenvalue weighted by Crippen LogP contribution is -2.34. The van der Waals surface area contributed by atoms with Gasteiger partial charge in [-0.15, -0.1) is 5.10 Å². The van der Waals surface area contributed by atoms with E-state index >= 15 is 0 Å². The average Bonchev–Trinajstić information content (AvgIpc) is 3.44. The molecule has 1 atom stereocenters. The van der Waals surface area contributed by atoms with Crippen LogP contribution in [0.2, 0.25) is 0 Å². The molecule has 164 valence electrons. The highest BCUT2D eigenvalue weighted by molar-refractivity contribution is 5.85. The Morgan fingerprint density at radius 2 is 1.97 bits per heavy atom. The molecule has 0 radical (unpaired) electrons. The number of H-pyrrole nitrogens is 1. The van der Waals surface area contributed by atoms with Crippen LogP contribution >= 0.6 is 0 Å². The fourth-order valence-electron chi connectivity index (χ4n) is 4.62. The second-order valence-corrected chi connectivity index (χ2v) is 8.27. The summed E-state index contributed by atoms with van der Waals surface area (Å²) < 4.78 is 6.99. The molecule has 0 fully saturated rings. The van der Waals surface area contributed by atoms with Crippen LogP contribution in [-0.4, -0.2) is 45.5 Å². The minimum Gasteiger partial charge on any atom is -0.383 e. The topological polar surface area (TPSA) is 88.9 Å². The minimum atomic E-state index is -0.418. The van der Waals surface area contributed by atoms with Crippen molar-refractivity contribution in [3.05, 3.63) is 80.9 Å². The number of benzene rings is 2. The highest BCUT2D eigenvalue weighted by atomic mass is 16.5. The van der Waals surface area contributed by atoms with Crippen LogP contribution in [0.1, 0.15) is 34.1 Å². The maximum absolute atomic E-state index is 13.4. The lowest BCUT2D eigenvalue weighted by molar-refractivity contribution is 0.181. The SMILES string of the molecule is COCCn1nnnc1[C@H](c1cc2c(C)ccc(C)c2[nH]c1=O)N1CCc2ccccc21. The van der Waals surface area contributed by atoms with Crippen molar-refractivity contribution < 1.29 is 4.74 Å². The molecular formula is C24H26N6O2. The number of para-hydroxylation sites is 1. The Labute approximate surface area is 185 Å². The molecule has 0 saturated heterocycles. The number of anilines is 1. The number of tetrazole rings is 1. The predicted octanol–water partition coefficient (Wildman–Crippen LogP) is 2.93. The molecule has 32 heavy (non-hydrogen) atoms. The van der Waals surface area contributed by atoms with Crippen molar-refractivity contribution in [2.75, 3.05) is 25.2 Å². The van der Waals surface area contributed by atoms with Crippen molar-refractivity contribution in [2.45, 2.75) is 32.9 Å². The first kappa shape index (κ1) is 20.4. The molecule has 3 heterocycles. The molecule has 1 aliphatic heterocycles. The highest BCUT2D eigenvalue weighted by Gasteiger charge is 2.34. The van der Waals surface area contributed by atoms with Crippen molar-refractivity contribution in [1.82, 2.24) is 25.2 Å². The molecule has 2 aromatic carbocycles. The first-order valence-electron chi connectivity index (χ1n) is 10.8. The molecule has 5 rings (SSSR count). The molecule has 0 bridgehead atoms. The zero-order valence-electron chi connectivity index (χ0n) is 18.5. The number of aromatic amines is 1. The van der Waals surface area contributed by atoms with Crippen LogP contribution in [0.3, 0.4) is 0 Å². The van der Waals surface area contributed by atoms with Gasteiger partial charge in [-0.25, -0.2) is 4.68 Å². The molecule has 4 aromatic rings. The number of rotatable bonds is 6. The van der Waals surface area contributed by atoms with Gasteiger partial charge in [0.1, 0.15) is 6.04 Å². The summed E-state index contributed by atoms with van der Waals surface area (Å²) in [5.41, 5.74) is 5.92. The number of hydrogen-bond donors (Lipinski definition) is 1. The number of methoxy groups -OCH3 is 1. The van der Waals surface area contributed by atoms with E-state index in [4.69, 9.17) is 4.74 Å². The third kappa shape index (κ3) is 3.36. The summed E-state index contributed by atoms with van der Waals surface area (Å²) >= 11 is 0. The van der Waals surface area contributed by atoms with E-state index in [9.17, 15) is 4.79 Å². The minimum absolute atomic E-state index is 0.123. The maximum Gasteiger partial charge on any atom is 0.254 e. The Morgan fingerprint density at radius 1 is 1.16 bits per heavy atom. The summed E-state index contributed by atoms with van der Waals surface area (Å²) in [6.07, 6.45) is 0.913. The molecular weight excluding hydrogens is 404 g/mol. The summed E-state index contributed by atoms with van der Waals surface area (Å²) in [6.45, 7) is 5.84. The van der Waals surface area contributed by atoms with E-state index in [-0.39, 0.29) is 5.56 Å². The Bertz CT molecular complexity index is 1340. The largest absolute Gasteiger partial charge is 0.383 e. The van der Waals surface area contributed by atoms with Gasteiger partial charge in [-0.3, -0.25) is 4.79 Å². The number of ether oxygens (including phenoxy) is 1. The summed E-state index contributed by atoms with van der Waals surface area (Å²) in [7, 11) is 1.65. The Balaban J connectivity index is 1.73. The number of aromatic nitrogens is 5. The lowest BCUT2D eigenvalue weighted by atomic mass is 9.99. The van der Waals surface area contributed by atoms with Gasteiger partial charge in [0.2, 0.25) is 0 Å². The van der Waals surface area contributed by atoms with Gasteiger partial charge < -0.3 is 14.6 Å². The molecule has 8 heteroatoms. The van der Waals surface area contributed by atoms with Gasteiger partial charge in [0, 0.05) is 30.3 Å². The van der Waals surface area contributed by atoms with Crippen LogP contribution < -0.4 is 10.5 Å². The number of nitrogens with one attached hydrogen (secondary N) is 1. The molecule has 1 N–H and O–H groups in total. The van der Waals surface area contributed by atoms with E-state index in [1.807, 2.05) is 25.1 Å². The quantitative estimate of drug-likeness (QED) is 0.506. The summed E-state index contributed by atoms with van der Waals surface area (Å²) in [6, 6.07) is 14.0. The normalized spacial score (nSPS) is 14.2. The third-order valence-corrected chi connectivity index (χ3v) is 6.31. The van der Waals surface area contributed by atoms with Gasteiger partial charge in [-0.1, -0.05) is 30.3 Å². The van der Waals surface area contributed by atoms with Gasteiger partial charge in [0.05, 0.1) is 18.7 Å². The zero-order chi connectivity index (χ0) is 22.2. The highest BCUT2D eigenvalue weighted by Crippen LogP contribution is 2.37. The van der Waals surface area contributed by atoms with Gasteiger partial charge in [-0.2, -0.15) is 0 Å². The summed E-state index contributed by atoms with van der Waals surface area (Å²) in [5, 5.41) is 13.5. The van der Waals surface area contributed by atoms with Crippen LogP contribution in [0.15, 0.2) is 47.3 Å². The molecule has 0 amide bonds. The monoisotopic (exact) mass is 430 g/mol. The number of fused-ring (bicyclic) bond motifs is 2. The first-order chi connectivity index (χ1) is 15.6. The van der Waals surface area contributed by atoms with Crippen LogP contribution in [0.4, 0.5) is 5.69 Å². The molecule has 8 nitrogen and oxygen atoms in total. The van der Waals surface area contributed by atoms with Crippen LogP contribution in [-0.2, 0) is 17.7 Å². The summed E-state index contributed by atoms with van der Waals surface area (Å²) in [5.74, 6) is 0.633. The van der Waals surface area contributed by atoms with Crippen molar-refractivity contribution in [3.63, 3.8) is 0 Å². The maximum atomic E-state index is 13.4. The van der Waals surface area contributed by atoms with E-state index in [1.165, 1.54) is 5.56 Å². The van der Waals surface area contributed by atoms with Crippen LogP contribution in [0.25, 0.3) is 10.9 Å². The van der Waals surface area contributed by atoms with E-state index in [2.05, 4.69) is 56.6 Å². The van der Waals surface area contributed by atoms with Crippen LogP contribution in [0.5, 0.6) is 0 Å². The molecule has 0 spiro atoms. The molecule has 0 unspecified atom stereocenters. The van der Waals surface area contributed by atoms with Crippen molar-refractivity contribution in [2.24, 2.45) is 0 Å².